The fraction of sp³-hybridized carbons (Fsp3) is 0.318. The molecule has 0 saturated heterocycles. The Kier molecular flexibility index (Phi) is 4.23. The summed E-state index contributed by atoms with van der Waals surface area (Å²) >= 11 is 0. The minimum Gasteiger partial charge on any atom is -0.503 e. The van der Waals surface area contributed by atoms with Gasteiger partial charge in [0.2, 0.25) is 0 Å². The number of H-pyrrole nitrogens is 2. The maximum atomic E-state index is 13.4. The first kappa shape index (κ1) is 17.7. The number of imidazole rings is 1. The van der Waals surface area contributed by atoms with E-state index in [1.807, 2.05) is 18.2 Å². The molecule has 2 aliphatic rings. The topological polar surface area (TPSA) is 102 Å². The van der Waals surface area contributed by atoms with Crippen LogP contribution in [-0.2, 0) is 9.59 Å². The van der Waals surface area contributed by atoms with Gasteiger partial charge in [0.15, 0.2) is 11.5 Å². The molecule has 5 rings (SSSR count). The number of nitrogens with zero attached hydrogens (tertiary/aromatic N) is 2. The van der Waals surface area contributed by atoms with E-state index >= 15 is 0 Å². The minimum atomic E-state index is -0.677. The van der Waals surface area contributed by atoms with Crippen molar-refractivity contribution in [3.8, 4) is 0 Å². The van der Waals surface area contributed by atoms with Crippen molar-refractivity contribution in [3.05, 3.63) is 59.9 Å². The van der Waals surface area contributed by atoms with E-state index in [4.69, 9.17) is 0 Å². The number of hydrogen-bond donors (Lipinski definition) is 3. The van der Waals surface area contributed by atoms with E-state index in [1.54, 1.807) is 24.7 Å². The van der Waals surface area contributed by atoms with Gasteiger partial charge < -0.3 is 15.1 Å². The van der Waals surface area contributed by atoms with Gasteiger partial charge in [-0.05, 0) is 43.2 Å². The van der Waals surface area contributed by atoms with Crippen molar-refractivity contribution in [2.45, 2.75) is 38.1 Å². The fourth-order valence-electron chi connectivity index (χ4n) is 4.59. The monoisotopic (exact) mass is 390 g/mol. The summed E-state index contributed by atoms with van der Waals surface area (Å²) in [6.45, 7) is 0. The zero-order valence-electron chi connectivity index (χ0n) is 15.9. The summed E-state index contributed by atoms with van der Waals surface area (Å²) in [6.07, 6.45) is 8.10. The zero-order chi connectivity index (χ0) is 20.0. The lowest BCUT2D eigenvalue weighted by Gasteiger charge is -2.28. The van der Waals surface area contributed by atoms with Crippen LogP contribution in [0.5, 0.6) is 0 Å². The molecule has 1 aliphatic heterocycles. The molecule has 3 N–H and O–H groups in total. The molecular weight excluding hydrogens is 368 g/mol. The molecule has 1 aromatic carbocycles. The maximum absolute atomic E-state index is 13.4. The zero-order valence-corrected chi connectivity index (χ0v) is 15.9. The molecule has 0 radical (unpaired) electrons. The number of carbonyl (C=O) groups is 2. The van der Waals surface area contributed by atoms with Gasteiger partial charge in [0.25, 0.3) is 5.91 Å². The van der Waals surface area contributed by atoms with Crippen LogP contribution in [0.1, 0.15) is 43.8 Å². The number of nitrogens with one attached hydrogen (secondary N) is 2. The number of hydrogen-bond acceptors (Lipinski definition) is 4. The lowest BCUT2D eigenvalue weighted by molar-refractivity contribution is -0.121. The number of rotatable bonds is 4. The van der Waals surface area contributed by atoms with Crippen LogP contribution in [0.15, 0.2) is 54.2 Å². The van der Waals surface area contributed by atoms with Crippen LogP contribution < -0.4 is 4.90 Å². The van der Waals surface area contributed by atoms with Crippen LogP contribution >= 0.6 is 0 Å². The number of ketones is 1. The van der Waals surface area contributed by atoms with E-state index in [0.717, 1.165) is 37.6 Å². The maximum Gasteiger partial charge on any atom is 0.294 e. The largest absolute Gasteiger partial charge is 0.503 e. The smallest absolute Gasteiger partial charge is 0.294 e. The van der Waals surface area contributed by atoms with E-state index in [2.05, 4.69) is 15.0 Å². The molecule has 29 heavy (non-hydrogen) atoms. The first-order valence-corrected chi connectivity index (χ1v) is 10.0. The number of aliphatic hydroxyl groups is 1. The van der Waals surface area contributed by atoms with Crippen molar-refractivity contribution < 1.29 is 14.7 Å². The second kappa shape index (κ2) is 6.92. The lowest BCUT2D eigenvalue weighted by Crippen LogP contribution is -2.32. The van der Waals surface area contributed by atoms with Gasteiger partial charge >= 0.3 is 0 Å². The quantitative estimate of drug-likeness (QED) is 0.628. The van der Waals surface area contributed by atoms with Gasteiger partial charge in [0.05, 0.1) is 22.9 Å². The Morgan fingerprint density at radius 2 is 1.97 bits per heavy atom. The van der Waals surface area contributed by atoms with Gasteiger partial charge in [0.1, 0.15) is 6.04 Å². The predicted molar refractivity (Wildman–Crippen MR) is 108 cm³/mol. The molecule has 148 valence electrons. The molecule has 1 amide bonds. The highest BCUT2D eigenvalue weighted by Gasteiger charge is 2.46. The number of anilines is 1. The molecular formula is C22H22N4O3. The van der Waals surface area contributed by atoms with E-state index in [-0.39, 0.29) is 17.3 Å². The summed E-state index contributed by atoms with van der Waals surface area (Å²) in [4.78, 5) is 38.4. The van der Waals surface area contributed by atoms with E-state index in [0.29, 0.717) is 16.9 Å². The predicted octanol–water partition coefficient (Wildman–Crippen LogP) is 3.94. The third-order valence-electron chi connectivity index (χ3n) is 6.05. The van der Waals surface area contributed by atoms with E-state index in [1.165, 1.54) is 4.90 Å². The molecule has 7 nitrogen and oxygen atoms in total. The lowest BCUT2D eigenvalue weighted by atomic mass is 9.82. The Morgan fingerprint density at radius 3 is 2.72 bits per heavy atom. The van der Waals surface area contributed by atoms with Gasteiger partial charge in [0, 0.05) is 23.5 Å². The summed E-state index contributed by atoms with van der Waals surface area (Å²) in [6, 6.07) is 8.42. The number of benzene rings is 1. The molecule has 1 aliphatic carbocycles. The Labute approximate surface area is 167 Å². The average Bonchev–Trinajstić information content (AvgIpc) is 3.48. The number of Topliss-reactive ketones (excluding diaryl/α,β-unsaturated/α-hetero) is 1. The van der Waals surface area contributed by atoms with E-state index < -0.39 is 17.7 Å². The van der Waals surface area contributed by atoms with Crippen LogP contribution in [0.4, 0.5) is 5.69 Å². The van der Waals surface area contributed by atoms with Crippen molar-refractivity contribution in [1.29, 1.82) is 0 Å². The first-order valence-electron chi connectivity index (χ1n) is 10.0. The standard InChI is InChI=1S/C22H22N4O3/c27-20(13-5-2-1-3-6-13)18-19(16-7-4-10-23-16)26(22(29)21(18)28)14-8-9-15-17(11-14)25-12-24-15/h4,7-13,19,23,28H,1-3,5-6H2,(H,24,25). The molecule has 2 aromatic heterocycles. The molecule has 3 aromatic rings. The number of amides is 1. The summed E-state index contributed by atoms with van der Waals surface area (Å²) in [5.41, 5.74) is 3.06. The van der Waals surface area contributed by atoms with Crippen LogP contribution in [0.25, 0.3) is 11.0 Å². The van der Waals surface area contributed by atoms with Crippen LogP contribution in [0, 0.1) is 5.92 Å². The summed E-state index contributed by atoms with van der Waals surface area (Å²) < 4.78 is 0. The second-order valence-electron chi connectivity index (χ2n) is 7.77. The van der Waals surface area contributed by atoms with Gasteiger partial charge in [-0.2, -0.15) is 0 Å². The Hall–Kier alpha value is -3.35. The first-order chi connectivity index (χ1) is 14.1. The third-order valence-corrected chi connectivity index (χ3v) is 6.05. The van der Waals surface area contributed by atoms with Crippen LogP contribution in [0.2, 0.25) is 0 Å². The normalized spacial score (nSPS) is 20.8. The molecule has 0 spiro atoms. The minimum absolute atomic E-state index is 0.113. The highest BCUT2D eigenvalue weighted by atomic mass is 16.3. The van der Waals surface area contributed by atoms with E-state index in [9.17, 15) is 14.7 Å². The molecule has 7 heteroatoms. The number of aliphatic hydroxyl groups excluding tert-OH is 1. The van der Waals surface area contributed by atoms with Crippen molar-refractivity contribution in [3.63, 3.8) is 0 Å². The number of aromatic nitrogens is 3. The Morgan fingerprint density at radius 1 is 1.14 bits per heavy atom. The number of fused-ring (bicyclic) bond motifs is 1. The molecule has 1 unspecified atom stereocenters. The number of aromatic amines is 2. The third kappa shape index (κ3) is 2.85. The summed E-state index contributed by atoms with van der Waals surface area (Å²) in [5, 5.41) is 10.8. The average molecular weight is 390 g/mol. The highest BCUT2D eigenvalue weighted by Crippen LogP contribution is 2.43. The highest BCUT2D eigenvalue weighted by molar-refractivity contribution is 6.17. The number of carbonyl (C=O) groups excluding carboxylic acids is 2. The SMILES string of the molecule is O=C(C1=C(O)C(=O)N(c2ccc3[nH]cnc3c2)C1c1ccc[nH]1)C1CCCCC1. The summed E-state index contributed by atoms with van der Waals surface area (Å²) in [5.74, 6) is -1.25. The van der Waals surface area contributed by atoms with Crippen molar-refractivity contribution in [2.75, 3.05) is 4.90 Å². The molecule has 1 saturated carbocycles. The van der Waals surface area contributed by atoms with Crippen LogP contribution in [-0.4, -0.2) is 31.7 Å². The fourth-order valence-corrected chi connectivity index (χ4v) is 4.59. The molecule has 0 bridgehead atoms. The van der Waals surface area contributed by atoms with Crippen molar-refractivity contribution in [1.82, 2.24) is 15.0 Å². The molecule has 3 heterocycles. The Balaban J connectivity index is 1.60. The molecule has 1 fully saturated rings. The van der Waals surface area contributed by atoms with Gasteiger partial charge in [-0.3, -0.25) is 14.5 Å². The van der Waals surface area contributed by atoms with Crippen molar-refractivity contribution in [2.24, 2.45) is 5.92 Å². The van der Waals surface area contributed by atoms with Gasteiger partial charge in [-0.1, -0.05) is 19.3 Å². The summed E-state index contributed by atoms with van der Waals surface area (Å²) in [7, 11) is 0. The Bertz CT molecular complexity index is 1110. The van der Waals surface area contributed by atoms with Crippen LogP contribution in [0.3, 0.4) is 0 Å². The molecule has 1 atom stereocenters. The van der Waals surface area contributed by atoms with Gasteiger partial charge in [-0.25, -0.2) is 4.98 Å². The second-order valence-corrected chi connectivity index (χ2v) is 7.77. The van der Waals surface area contributed by atoms with Crippen molar-refractivity contribution >= 4 is 28.4 Å². The van der Waals surface area contributed by atoms with Gasteiger partial charge in [-0.15, -0.1) is 0 Å².